The highest BCUT2D eigenvalue weighted by molar-refractivity contribution is 9.10. The Bertz CT molecular complexity index is 731. The lowest BCUT2D eigenvalue weighted by Crippen LogP contribution is -2.41. The van der Waals surface area contributed by atoms with Crippen LogP contribution in [0.15, 0.2) is 53.0 Å². The van der Waals surface area contributed by atoms with Gasteiger partial charge in [0.15, 0.2) is 0 Å². The molecule has 112 valence electrons. The van der Waals surface area contributed by atoms with Crippen LogP contribution in [0.3, 0.4) is 0 Å². The molecule has 2 rings (SSSR count). The highest BCUT2D eigenvalue weighted by Crippen LogP contribution is 2.15. The molecule has 2 amide bonds. The summed E-state index contributed by atoms with van der Waals surface area (Å²) < 4.78 is 0.595. The van der Waals surface area contributed by atoms with Gasteiger partial charge in [0.1, 0.15) is 0 Å². The second-order valence-corrected chi connectivity index (χ2v) is 5.05. The third kappa shape index (κ3) is 3.67. The van der Waals surface area contributed by atoms with Gasteiger partial charge in [-0.15, -0.1) is 0 Å². The maximum absolute atomic E-state index is 11.9. The van der Waals surface area contributed by atoms with Gasteiger partial charge in [0, 0.05) is 22.2 Å². The summed E-state index contributed by atoms with van der Waals surface area (Å²) in [7, 11) is 0. The van der Waals surface area contributed by atoms with Gasteiger partial charge < -0.3 is 0 Å². The van der Waals surface area contributed by atoms with Crippen molar-refractivity contribution in [3.63, 3.8) is 0 Å². The zero-order chi connectivity index (χ0) is 16.1. The number of nitrogens with zero attached hydrogens (tertiary/aromatic N) is 1. The number of hydrazine groups is 1. The predicted octanol–water partition coefficient (Wildman–Crippen LogP) is 2.43. The number of hydrogen-bond donors (Lipinski definition) is 2. The monoisotopic (exact) mass is 363 g/mol. The number of nitro benzene ring substituents is 1. The molecule has 0 aliphatic carbocycles. The highest BCUT2D eigenvalue weighted by atomic mass is 79.9. The van der Waals surface area contributed by atoms with Gasteiger partial charge in [0.05, 0.1) is 10.5 Å². The molecule has 2 N–H and O–H groups in total. The van der Waals surface area contributed by atoms with Gasteiger partial charge in [0.2, 0.25) is 0 Å². The van der Waals surface area contributed by atoms with E-state index in [1.807, 2.05) is 0 Å². The summed E-state index contributed by atoms with van der Waals surface area (Å²) in [6.07, 6.45) is 0. The quantitative estimate of drug-likeness (QED) is 0.645. The van der Waals surface area contributed by atoms with E-state index in [9.17, 15) is 19.7 Å². The number of nitro groups is 1. The molecule has 22 heavy (non-hydrogen) atoms. The summed E-state index contributed by atoms with van der Waals surface area (Å²) in [5.41, 5.74) is 4.96. The number of amides is 2. The van der Waals surface area contributed by atoms with Gasteiger partial charge >= 0.3 is 0 Å². The molecule has 2 aromatic carbocycles. The van der Waals surface area contributed by atoms with Crippen molar-refractivity contribution in [1.82, 2.24) is 10.9 Å². The van der Waals surface area contributed by atoms with Crippen LogP contribution < -0.4 is 10.9 Å². The van der Waals surface area contributed by atoms with Gasteiger partial charge in [-0.25, -0.2) is 0 Å². The minimum atomic E-state index is -0.574. The predicted molar refractivity (Wildman–Crippen MR) is 82.2 cm³/mol. The maximum atomic E-state index is 11.9. The average Bonchev–Trinajstić information content (AvgIpc) is 2.52. The van der Waals surface area contributed by atoms with E-state index >= 15 is 0 Å². The molecule has 2 aromatic rings. The van der Waals surface area contributed by atoms with Crippen LogP contribution >= 0.6 is 15.9 Å². The molecular formula is C14H10BrN3O4. The number of non-ortho nitro benzene ring substituents is 1. The van der Waals surface area contributed by atoms with Crippen molar-refractivity contribution >= 4 is 33.4 Å². The largest absolute Gasteiger partial charge is 0.270 e. The molecule has 0 atom stereocenters. The van der Waals surface area contributed by atoms with Crippen molar-refractivity contribution in [3.8, 4) is 0 Å². The Morgan fingerprint density at radius 3 is 2.14 bits per heavy atom. The standard InChI is InChI=1S/C14H10BrN3O4/c15-12-4-2-1-3-11(12)14(20)17-16-13(19)9-5-7-10(8-6-9)18(21)22/h1-8H,(H,16,19)(H,17,20). The summed E-state index contributed by atoms with van der Waals surface area (Å²) in [4.78, 5) is 33.7. The van der Waals surface area contributed by atoms with E-state index in [-0.39, 0.29) is 11.3 Å². The van der Waals surface area contributed by atoms with Crippen molar-refractivity contribution < 1.29 is 14.5 Å². The molecule has 0 radical (unpaired) electrons. The maximum Gasteiger partial charge on any atom is 0.270 e. The second-order valence-electron chi connectivity index (χ2n) is 4.19. The zero-order valence-electron chi connectivity index (χ0n) is 11.1. The van der Waals surface area contributed by atoms with Crippen LogP contribution in [0.1, 0.15) is 20.7 Å². The smallest absolute Gasteiger partial charge is 0.267 e. The van der Waals surface area contributed by atoms with Crippen LogP contribution in [0.4, 0.5) is 5.69 Å². The lowest BCUT2D eigenvalue weighted by Gasteiger charge is -2.08. The minimum Gasteiger partial charge on any atom is -0.267 e. The molecule has 0 saturated carbocycles. The zero-order valence-corrected chi connectivity index (χ0v) is 12.7. The summed E-state index contributed by atoms with van der Waals surface area (Å²) in [5.74, 6) is -1.06. The summed E-state index contributed by atoms with van der Waals surface area (Å²) in [6, 6.07) is 11.8. The van der Waals surface area contributed by atoms with Gasteiger partial charge in [0.25, 0.3) is 17.5 Å². The third-order valence-corrected chi connectivity index (χ3v) is 3.44. The van der Waals surface area contributed by atoms with E-state index in [1.165, 1.54) is 24.3 Å². The van der Waals surface area contributed by atoms with Gasteiger partial charge in [-0.2, -0.15) is 0 Å². The third-order valence-electron chi connectivity index (χ3n) is 2.75. The van der Waals surface area contributed by atoms with E-state index in [0.29, 0.717) is 10.0 Å². The fourth-order valence-corrected chi connectivity index (χ4v) is 2.10. The molecule has 0 heterocycles. The van der Waals surface area contributed by atoms with Crippen molar-refractivity contribution in [2.45, 2.75) is 0 Å². The summed E-state index contributed by atoms with van der Waals surface area (Å²) >= 11 is 3.23. The first kappa shape index (κ1) is 15.6. The SMILES string of the molecule is O=C(NNC(=O)c1ccccc1Br)c1ccc([N+](=O)[O-])cc1. The fourth-order valence-electron chi connectivity index (χ4n) is 1.63. The van der Waals surface area contributed by atoms with Crippen LogP contribution in [-0.4, -0.2) is 16.7 Å². The highest BCUT2D eigenvalue weighted by Gasteiger charge is 2.12. The Balaban J connectivity index is 1.99. The van der Waals surface area contributed by atoms with E-state index in [2.05, 4.69) is 26.8 Å². The number of halogens is 1. The van der Waals surface area contributed by atoms with E-state index in [4.69, 9.17) is 0 Å². The Labute approximate surface area is 133 Å². The second kappa shape index (κ2) is 6.81. The normalized spacial score (nSPS) is 9.86. The molecule has 0 aliphatic rings. The first-order chi connectivity index (χ1) is 10.5. The van der Waals surface area contributed by atoms with Crippen molar-refractivity contribution in [3.05, 3.63) is 74.2 Å². The van der Waals surface area contributed by atoms with Crippen LogP contribution in [0.5, 0.6) is 0 Å². The van der Waals surface area contributed by atoms with Gasteiger partial charge in [-0.3, -0.25) is 30.6 Å². The number of carbonyl (C=O) groups is 2. The van der Waals surface area contributed by atoms with Gasteiger partial charge in [-0.1, -0.05) is 12.1 Å². The molecule has 8 heteroatoms. The summed E-state index contributed by atoms with van der Waals surface area (Å²) in [5, 5.41) is 10.5. The molecular weight excluding hydrogens is 354 g/mol. The first-order valence-electron chi connectivity index (χ1n) is 6.08. The topological polar surface area (TPSA) is 101 Å². The molecule has 0 aliphatic heterocycles. The van der Waals surface area contributed by atoms with E-state index in [1.54, 1.807) is 24.3 Å². The molecule has 0 saturated heterocycles. The first-order valence-corrected chi connectivity index (χ1v) is 6.88. The number of nitrogens with one attached hydrogen (secondary N) is 2. The van der Waals surface area contributed by atoms with Crippen molar-refractivity contribution in [1.29, 1.82) is 0 Å². The van der Waals surface area contributed by atoms with Crippen molar-refractivity contribution in [2.75, 3.05) is 0 Å². The van der Waals surface area contributed by atoms with Gasteiger partial charge in [-0.05, 0) is 40.2 Å². The molecule has 0 bridgehead atoms. The number of hydrogen-bond acceptors (Lipinski definition) is 4. The molecule has 0 unspecified atom stereocenters. The fraction of sp³-hybridized carbons (Fsp3) is 0. The molecule has 0 aromatic heterocycles. The minimum absolute atomic E-state index is 0.117. The molecule has 0 fully saturated rings. The number of benzene rings is 2. The Morgan fingerprint density at radius 1 is 0.955 bits per heavy atom. The van der Waals surface area contributed by atoms with E-state index in [0.717, 1.165) is 0 Å². The summed E-state index contributed by atoms with van der Waals surface area (Å²) in [6.45, 7) is 0. The lowest BCUT2D eigenvalue weighted by molar-refractivity contribution is -0.384. The average molecular weight is 364 g/mol. The number of rotatable bonds is 3. The van der Waals surface area contributed by atoms with E-state index < -0.39 is 16.7 Å². The number of carbonyl (C=O) groups excluding carboxylic acids is 2. The molecule has 0 spiro atoms. The molecule has 7 nitrogen and oxygen atoms in total. The van der Waals surface area contributed by atoms with Crippen LogP contribution in [0, 0.1) is 10.1 Å². The Kier molecular flexibility index (Phi) is 4.84. The lowest BCUT2D eigenvalue weighted by atomic mass is 10.2. The Morgan fingerprint density at radius 2 is 1.55 bits per heavy atom. The van der Waals surface area contributed by atoms with Crippen LogP contribution in [0.25, 0.3) is 0 Å². The van der Waals surface area contributed by atoms with Crippen LogP contribution in [0.2, 0.25) is 0 Å². The Hall–Kier alpha value is -2.74. The van der Waals surface area contributed by atoms with Crippen molar-refractivity contribution in [2.24, 2.45) is 0 Å². The van der Waals surface area contributed by atoms with Crippen LogP contribution in [-0.2, 0) is 0 Å².